The third kappa shape index (κ3) is 4.56. The summed E-state index contributed by atoms with van der Waals surface area (Å²) in [7, 11) is 3.82. The van der Waals surface area contributed by atoms with E-state index in [2.05, 4.69) is 56.7 Å². The summed E-state index contributed by atoms with van der Waals surface area (Å²) >= 11 is 0. The van der Waals surface area contributed by atoms with Crippen LogP contribution in [-0.2, 0) is 6.54 Å². The fourth-order valence-corrected chi connectivity index (χ4v) is 2.04. The number of nitrogens with zero attached hydrogens (tertiary/aromatic N) is 1. The molecular weight excluding hydrogens is 248 g/mol. The van der Waals surface area contributed by atoms with Crippen LogP contribution in [0.2, 0.25) is 0 Å². The molecule has 0 aromatic heterocycles. The monoisotopic (exact) mass is 274 g/mol. The van der Waals surface area contributed by atoms with Crippen molar-refractivity contribution in [3.63, 3.8) is 0 Å². The molecule has 1 atom stereocenters. The van der Waals surface area contributed by atoms with Crippen LogP contribution in [0.4, 0.5) is 0 Å². The Labute approximate surface area is 123 Å². The molecule has 0 aliphatic heterocycles. The van der Waals surface area contributed by atoms with Gasteiger partial charge in [-0.1, -0.05) is 31.8 Å². The highest BCUT2D eigenvalue weighted by atomic mass is 16.5. The number of nitrogens with two attached hydrogens (primary N) is 1. The van der Waals surface area contributed by atoms with Gasteiger partial charge in [0.15, 0.2) is 0 Å². The zero-order valence-corrected chi connectivity index (χ0v) is 13.2. The number of hydrogen-bond donors (Lipinski definition) is 1. The first-order valence-electron chi connectivity index (χ1n) is 7.05. The SMILES string of the molecule is COc1ccc(CN(C)C(C)C(C)C)cc1C#CCN. The molecule has 1 unspecified atom stereocenters. The molecule has 0 saturated carbocycles. The number of benzene rings is 1. The maximum atomic E-state index is 5.44. The maximum Gasteiger partial charge on any atom is 0.134 e. The molecule has 0 radical (unpaired) electrons. The quantitative estimate of drug-likeness (QED) is 0.838. The lowest BCUT2D eigenvalue weighted by molar-refractivity contribution is 0.200. The normalized spacial score (nSPS) is 12.2. The lowest BCUT2D eigenvalue weighted by atomic mass is 10.0. The average molecular weight is 274 g/mol. The summed E-state index contributed by atoms with van der Waals surface area (Å²) in [5, 5.41) is 0. The number of ether oxygens (including phenoxy) is 1. The van der Waals surface area contributed by atoms with E-state index in [1.54, 1.807) is 7.11 Å². The van der Waals surface area contributed by atoms with Crippen molar-refractivity contribution < 1.29 is 4.74 Å². The van der Waals surface area contributed by atoms with Crippen molar-refractivity contribution in [2.24, 2.45) is 11.7 Å². The summed E-state index contributed by atoms with van der Waals surface area (Å²) in [6.45, 7) is 8.00. The summed E-state index contributed by atoms with van der Waals surface area (Å²) in [5.74, 6) is 7.39. The first kappa shape index (κ1) is 16.6. The minimum atomic E-state index is 0.359. The lowest BCUT2D eigenvalue weighted by Crippen LogP contribution is -2.32. The van der Waals surface area contributed by atoms with Crippen molar-refractivity contribution >= 4 is 0 Å². The second kappa shape index (κ2) is 7.94. The zero-order chi connectivity index (χ0) is 15.1. The van der Waals surface area contributed by atoms with Gasteiger partial charge >= 0.3 is 0 Å². The third-order valence-electron chi connectivity index (χ3n) is 3.68. The Morgan fingerprint density at radius 1 is 1.30 bits per heavy atom. The smallest absolute Gasteiger partial charge is 0.134 e. The van der Waals surface area contributed by atoms with Gasteiger partial charge in [0, 0.05) is 12.6 Å². The Balaban J connectivity index is 2.92. The number of rotatable bonds is 5. The predicted molar refractivity (Wildman–Crippen MR) is 84.7 cm³/mol. The maximum absolute atomic E-state index is 5.44. The minimum absolute atomic E-state index is 0.359. The van der Waals surface area contributed by atoms with E-state index in [1.807, 2.05) is 6.07 Å². The van der Waals surface area contributed by atoms with Crippen LogP contribution in [0.3, 0.4) is 0 Å². The number of hydrogen-bond acceptors (Lipinski definition) is 3. The first-order valence-corrected chi connectivity index (χ1v) is 7.05. The summed E-state index contributed by atoms with van der Waals surface area (Å²) in [6.07, 6.45) is 0. The Kier molecular flexibility index (Phi) is 6.57. The highest BCUT2D eigenvalue weighted by Crippen LogP contribution is 2.20. The third-order valence-corrected chi connectivity index (χ3v) is 3.68. The molecule has 0 heterocycles. The van der Waals surface area contributed by atoms with Gasteiger partial charge in [0.1, 0.15) is 5.75 Å². The molecule has 3 heteroatoms. The molecule has 3 nitrogen and oxygen atoms in total. The van der Waals surface area contributed by atoms with E-state index in [0.29, 0.717) is 18.5 Å². The van der Waals surface area contributed by atoms with Gasteiger partial charge in [-0.2, -0.15) is 0 Å². The molecule has 0 bridgehead atoms. The molecule has 0 saturated heterocycles. The molecule has 20 heavy (non-hydrogen) atoms. The van der Waals surface area contributed by atoms with Gasteiger partial charge in [-0.25, -0.2) is 0 Å². The molecule has 0 aliphatic rings. The van der Waals surface area contributed by atoms with Crippen molar-refractivity contribution in [3.8, 4) is 17.6 Å². The lowest BCUT2D eigenvalue weighted by Gasteiger charge is -2.28. The minimum Gasteiger partial charge on any atom is -0.495 e. The van der Waals surface area contributed by atoms with Gasteiger partial charge < -0.3 is 10.5 Å². The van der Waals surface area contributed by atoms with Crippen molar-refractivity contribution in [1.82, 2.24) is 4.90 Å². The van der Waals surface area contributed by atoms with Crippen LogP contribution in [0.25, 0.3) is 0 Å². The molecule has 1 aromatic carbocycles. The van der Waals surface area contributed by atoms with E-state index in [0.717, 1.165) is 17.9 Å². The van der Waals surface area contributed by atoms with Gasteiger partial charge in [-0.05, 0) is 37.6 Å². The van der Waals surface area contributed by atoms with Crippen LogP contribution in [0.1, 0.15) is 31.9 Å². The second-order valence-electron chi connectivity index (χ2n) is 5.44. The van der Waals surface area contributed by atoms with Crippen LogP contribution in [0.5, 0.6) is 5.75 Å². The molecular formula is C17H26N2O. The molecule has 0 amide bonds. The average Bonchev–Trinajstić information content (AvgIpc) is 2.44. The molecule has 110 valence electrons. The zero-order valence-electron chi connectivity index (χ0n) is 13.2. The Morgan fingerprint density at radius 3 is 2.55 bits per heavy atom. The summed E-state index contributed by atoms with van der Waals surface area (Å²) in [4.78, 5) is 2.35. The van der Waals surface area contributed by atoms with E-state index in [-0.39, 0.29) is 0 Å². The highest BCUT2D eigenvalue weighted by Gasteiger charge is 2.13. The van der Waals surface area contributed by atoms with E-state index in [9.17, 15) is 0 Å². The van der Waals surface area contributed by atoms with Gasteiger partial charge in [-0.15, -0.1) is 0 Å². The second-order valence-corrected chi connectivity index (χ2v) is 5.44. The fraction of sp³-hybridized carbons (Fsp3) is 0.529. The van der Waals surface area contributed by atoms with Crippen LogP contribution in [-0.4, -0.2) is 31.6 Å². The molecule has 0 fully saturated rings. The summed E-state index contributed by atoms with van der Waals surface area (Å²) < 4.78 is 5.33. The largest absolute Gasteiger partial charge is 0.495 e. The van der Waals surface area contributed by atoms with Gasteiger partial charge in [0.2, 0.25) is 0 Å². The Hall–Kier alpha value is -1.50. The summed E-state index contributed by atoms with van der Waals surface area (Å²) in [5.41, 5.74) is 7.58. The fourth-order valence-electron chi connectivity index (χ4n) is 2.04. The summed E-state index contributed by atoms with van der Waals surface area (Å²) in [6, 6.07) is 6.70. The van der Waals surface area contributed by atoms with Crippen LogP contribution in [0.15, 0.2) is 18.2 Å². The van der Waals surface area contributed by atoms with E-state index in [4.69, 9.17) is 10.5 Å². The van der Waals surface area contributed by atoms with E-state index in [1.165, 1.54) is 5.56 Å². The van der Waals surface area contributed by atoms with E-state index < -0.39 is 0 Å². The molecule has 2 N–H and O–H groups in total. The van der Waals surface area contributed by atoms with Gasteiger partial charge in [0.05, 0.1) is 19.2 Å². The first-order chi connectivity index (χ1) is 9.49. The predicted octanol–water partition coefficient (Wildman–Crippen LogP) is 2.48. The Bertz CT molecular complexity index is 485. The molecule has 1 aromatic rings. The van der Waals surface area contributed by atoms with Crippen molar-refractivity contribution in [2.45, 2.75) is 33.4 Å². The molecule has 1 rings (SSSR count). The topological polar surface area (TPSA) is 38.5 Å². The van der Waals surface area contributed by atoms with E-state index >= 15 is 0 Å². The van der Waals surface area contributed by atoms with Crippen molar-refractivity contribution in [2.75, 3.05) is 20.7 Å². The van der Waals surface area contributed by atoms with Gasteiger partial charge in [-0.3, -0.25) is 4.90 Å². The van der Waals surface area contributed by atoms with Gasteiger partial charge in [0.25, 0.3) is 0 Å². The van der Waals surface area contributed by atoms with Crippen LogP contribution < -0.4 is 10.5 Å². The van der Waals surface area contributed by atoms with Crippen molar-refractivity contribution in [3.05, 3.63) is 29.3 Å². The van der Waals surface area contributed by atoms with Crippen LogP contribution >= 0.6 is 0 Å². The number of methoxy groups -OCH3 is 1. The van der Waals surface area contributed by atoms with Crippen molar-refractivity contribution in [1.29, 1.82) is 0 Å². The molecule has 0 aliphatic carbocycles. The molecule has 0 spiro atoms. The Morgan fingerprint density at radius 2 is 2.00 bits per heavy atom. The van der Waals surface area contributed by atoms with Crippen LogP contribution in [0, 0.1) is 17.8 Å². The highest BCUT2D eigenvalue weighted by molar-refractivity contribution is 5.48. The standard InChI is InChI=1S/C17H26N2O/c1-13(2)14(3)19(4)12-15-8-9-17(20-5)16(11-15)7-6-10-18/h8-9,11,13-14H,10,12,18H2,1-5H3.